The molecule has 1 aromatic heterocycles. The van der Waals surface area contributed by atoms with Crippen LogP contribution in [-0.2, 0) is 11.3 Å². The molecule has 106 valence electrons. The molecule has 1 N–H and O–H groups in total. The number of carbonyl (C=O) groups is 1. The van der Waals surface area contributed by atoms with E-state index in [2.05, 4.69) is 10.2 Å². The van der Waals surface area contributed by atoms with E-state index in [1.165, 1.54) is 0 Å². The summed E-state index contributed by atoms with van der Waals surface area (Å²) in [6.45, 7) is 6.95. The zero-order valence-corrected chi connectivity index (χ0v) is 11.8. The molecule has 2 rings (SSSR count). The molecule has 1 saturated heterocycles. The normalized spacial score (nSPS) is 16.1. The Morgan fingerprint density at radius 1 is 1.42 bits per heavy atom. The highest BCUT2D eigenvalue weighted by atomic mass is 16.3. The van der Waals surface area contributed by atoms with Crippen molar-refractivity contribution in [3.8, 4) is 0 Å². The van der Waals surface area contributed by atoms with Crippen LogP contribution in [0.5, 0.6) is 0 Å². The molecule has 1 aromatic rings. The van der Waals surface area contributed by atoms with E-state index in [4.69, 9.17) is 4.42 Å². The summed E-state index contributed by atoms with van der Waals surface area (Å²) in [5.74, 6) is 2.14. The molecule has 19 heavy (non-hydrogen) atoms. The topological polar surface area (TPSA) is 48.7 Å². The number of hydrogen-bond donors (Lipinski definition) is 1. The molecule has 5 nitrogen and oxygen atoms in total. The molecule has 0 radical (unpaired) electrons. The quantitative estimate of drug-likeness (QED) is 0.857. The summed E-state index contributed by atoms with van der Waals surface area (Å²) in [5, 5.41) is 3.25. The molecule has 1 aliphatic heterocycles. The van der Waals surface area contributed by atoms with Crippen LogP contribution in [0.3, 0.4) is 0 Å². The van der Waals surface area contributed by atoms with Gasteiger partial charge in [-0.3, -0.25) is 9.69 Å². The zero-order chi connectivity index (χ0) is 13.7. The van der Waals surface area contributed by atoms with E-state index < -0.39 is 0 Å². The zero-order valence-electron chi connectivity index (χ0n) is 11.8. The minimum absolute atomic E-state index is 0.254. The Morgan fingerprint density at radius 2 is 2.16 bits per heavy atom. The van der Waals surface area contributed by atoms with Crippen molar-refractivity contribution in [3.05, 3.63) is 23.7 Å². The molecule has 1 amide bonds. The molecule has 0 saturated carbocycles. The van der Waals surface area contributed by atoms with E-state index in [0.29, 0.717) is 6.42 Å². The molecule has 0 unspecified atom stereocenters. The van der Waals surface area contributed by atoms with Crippen LogP contribution >= 0.6 is 0 Å². The van der Waals surface area contributed by atoms with Gasteiger partial charge in [0.15, 0.2) is 0 Å². The van der Waals surface area contributed by atoms with Crippen LogP contribution in [0, 0.1) is 6.92 Å². The Labute approximate surface area is 114 Å². The van der Waals surface area contributed by atoms with Crippen molar-refractivity contribution in [2.45, 2.75) is 19.9 Å². The number of aryl methyl sites for hydroxylation is 1. The van der Waals surface area contributed by atoms with Gasteiger partial charge in [0.2, 0.25) is 5.91 Å². The summed E-state index contributed by atoms with van der Waals surface area (Å²) in [7, 11) is 2.02. The first-order valence-electron chi connectivity index (χ1n) is 6.87. The first-order valence-corrected chi connectivity index (χ1v) is 6.87. The van der Waals surface area contributed by atoms with E-state index in [-0.39, 0.29) is 5.91 Å². The summed E-state index contributed by atoms with van der Waals surface area (Å²) in [6, 6.07) is 3.96. The second-order valence-electron chi connectivity index (χ2n) is 5.13. The standard InChI is InChI=1S/C14H23N3O2/c1-12-3-4-13(19-12)11-16(2)8-5-14(18)17-9-6-15-7-10-17/h3-4,15H,5-11H2,1-2H3. The van der Waals surface area contributed by atoms with E-state index in [0.717, 1.165) is 50.8 Å². The first-order chi connectivity index (χ1) is 9.15. The Hall–Kier alpha value is -1.33. The van der Waals surface area contributed by atoms with E-state index in [1.807, 2.05) is 31.0 Å². The van der Waals surface area contributed by atoms with Crippen molar-refractivity contribution >= 4 is 5.91 Å². The number of hydrogen-bond acceptors (Lipinski definition) is 4. The molecule has 1 aliphatic rings. The third-order valence-corrected chi connectivity index (χ3v) is 3.40. The lowest BCUT2D eigenvalue weighted by Gasteiger charge is -2.28. The molecule has 0 bridgehead atoms. The summed E-state index contributed by atoms with van der Waals surface area (Å²) in [4.78, 5) is 16.1. The van der Waals surface area contributed by atoms with E-state index >= 15 is 0 Å². The highest BCUT2D eigenvalue weighted by molar-refractivity contribution is 5.76. The van der Waals surface area contributed by atoms with Crippen LogP contribution in [0.25, 0.3) is 0 Å². The largest absolute Gasteiger partial charge is 0.465 e. The van der Waals surface area contributed by atoms with Gasteiger partial charge >= 0.3 is 0 Å². The Balaban J connectivity index is 1.70. The van der Waals surface area contributed by atoms with Crippen LogP contribution in [0.4, 0.5) is 0 Å². The van der Waals surface area contributed by atoms with Crippen LogP contribution in [-0.4, -0.2) is 55.5 Å². The Kier molecular flexibility index (Phi) is 4.99. The average molecular weight is 265 g/mol. The van der Waals surface area contributed by atoms with Gasteiger partial charge in [-0.2, -0.15) is 0 Å². The van der Waals surface area contributed by atoms with Gasteiger partial charge in [0.05, 0.1) is 6.54 Å². The van der Waals surface area contributed by atoms with Crippen molar-refractivity contribution < 1.29 is 9.21 Å². The van der Waals surface area contributed by atoms with Gasteiger partial charge < -0.3 is 14.6 Å². The lowest BCUT2D eigenvalue weighted by atomic mass is 10.3. The van der Waals surface area contributed by atoms with Gasteiger partial charge in [0, 0.05) is 39.1 Å². The molecule has 2 heterocycles. The highest BCUT2D eigenvalue weighted by Gasteiger charge is 2.16. The van der Waals surface area contributed by atoms with Crippen molar-refractivity contribution in [2.24, 2.45) is 0 Å². The van der Waals surface area contributed by atoms with Gasteiger partial charge in [-0.25, -0.2) is 0 Å². The highest BCUT2D eigenvalue weighted by Crippen LogP contribution is 2.09. The lowest BCUT2D eigenvalue weighted by molar-refractivity contribution is -0.132. The van der Waals surface area contributed by atoms with Gasteiger partial charge in [0.1, 0.15) is 11.5 Å². The monoisotopic (exact) mass is 265 g/mol. The third-order valence-electron chi connectivity index (χ3n) is 3.40. The van der Waals surface area contributed by atoms with E-state index in [1.54, 1.807) is 0 Å². The van der Waals surface area contributed by atoms with E-state index in [9.17, 15) is 4.79 Å². The maximum Gasteiger partial charge on any atom is 0.223 e. The molecular formula is C14H23N3O2. The van der Waals surface area contributed by atoms with Gasteiger partial charge in [-0.05, 0) is 26.1 Å². The lowest BCUT2D eigenvalue weighted by Crippen LogP contribution is -2.47. The van der Waals surface area contributed by atoms with Crippen molar-refractivity contribution in [1.29, 1.82) is 0 Å². The van der Waals surface area contributed by atoms with Crippen LogP contribution in [0.1, 0.15) is 17.9 Å². The number of amides is 1. The first kappa shape index (κ1) is 14.1. The molecule has 0 atom stereocenters. The molecule has 1 fully saturated rings. The van der Waals surface area contributed by atoms with Crippen molar-refractivity contribution in [3.63, 3.8) is 0 Å². The van der Waals surface area contributed by atoms with Crippen LogP contribution in [0.2, 0.25) is 0 Å². The van der Waals surface area contributed by atoms with Gasteiger partial charge in [-0.1, -0.05) is 0 Å². The fraction of sp³-hybridized carbons (Fsp3) is 0.643. The minimum Gasteiger partial charge on any atom is -0.465 e. The molecule has 0 aromatic carbocycles. The fourth-order valence-electron chi connectivity index (χ4n) is 2.27. The van der Waals surface area contributed by atoms with Crippen molar-refractivity contribution in [2.75, 3.05) is 39.8 Å². The summed E-state index contributed by atoms with van der Waals surface area (Å²) < 4.78 is 5.53. The smallest absolute Gasteiger partial charge is 0.223 e. The number of furan rings is 1. The summed E-state index contributed by atoms with van der Waals surface area (Å²) in [6.07, 6.45) is 0.580. The third kappa shape index (κ3) is 4.36. The summed E-state index contributed by atoms with van der Waals surface area (Å²) in [5.41, 5.74) is 0. The second kappa shape index (κ2) is 6.73. The van der Waals surface area contributed by atoms with Gasteiger partial charge in [-0.15, -0.1) is 0 Å². The van der Waals surface area contributed by atoms with Crippen molar-refractivity contribution in [1.82, 2.24) is 15.1 Å². The number of nitrogens with zero attached hydrogens (tertiary/aromatic N) is 2. The molecule has 5 heteroatoms. The predicted octanol–water partition coefficient (Wildman–Crippen LogP) is 0.842. The number of nitrogens with one attached hydrogen (secondary N) is 1. The predicted molar refractivity (Wildman–Crippen MR) is 73.8 cm³/mol. The number of piperazine rings is 1. The second-order valence-corrected chi connectivity index (χ2v) is 5.13. The number of carbonyl (C=O) groups excluding carboxylic acids is 1. The van der Waals surface area contributed by atoms with Gasteiger partial charge in [0.25, 0.3) is 0 Å². The SMILES string of the molecule is Cc1ccc(CN(C)CCC(=O)N2CCNCC2)o1. The minimum atomic E-state index is 0.254. The van der Waals surface area contributed by atoms with Crippen LogP contribution < -0.4 is 5.32 Å². The maximum atomic E-state index is 12.0. The Morgan fingerprint density at radius 3 is 2.79 bits per heavy atom. The average Bonchev–Trinajstić information content (AvgIpc) is 2.82. The fourth-order valence-corrected chi connectivity index (χ4v) is 2.27. The number of rotatable bonds is 5. The molecule has 0 spiro atoms. The molecule has 0 aliphatic carbocycles. The van der Waals surface area contributed by atoms with Crippen LogP contribution in [0.15, 0.2) is 16.5 Å². The maximum absolute atomic E-state index is 12.0. The molecular weight excluding hydrogens is 242 g/mol. The Bertz CT molecular complexity index is 411. The summed E-state index contributed by atoms with van der Waals surface area (Å²) >= 11 is 0.